The molecule has 1 atom stereocenters. The predicted octanol–water partition coefficient (Wildman–Crippen LogP) is 7.56. The van der Waals surface area contributed by atoms with Gasteiger partial charge >= 0.3 is 12.1 Å². The van der Waals surface area contributed by atoms with Gasteiger partial charge in [-0.05, 0) is 54.8 Å². The summed E-state index contributed by atoms with van der Waals surface area (Å²) in [4.78, 5) is 15.6. The third kappa shape index (κ3) is 5.95. The first-order valence-electron chi connectivity index (χ1n) is 11.4. The van der Waals surface area contributed by atoms with E-state index in [1.165, 1.54) is 43.5 Å². The number of aromatic nitrogens is 1. The third-order valence-corrected chi connectivity index (χ3v) is 6.32. The van der Waals surface area contributed by atoms with Crippen LogP contribution in [0, 0.1) is 5.92 Å². The molecule has 0 radical (unpaired) electrons. The molecule has 1 saturated carbocycles. The van der Waals surface area contributed by atoms with Crippen LogP contribution in [0.2, 0.25) is 0 Å². The van der Waals surface area contributed by atoms with Crippen LogP contribution in [-0.2, 0) is 6.18 Å². The van der Waals surface area contributed by atoms with Crippen LogP contribution < -0.4 is 4.74 Å². The molecule has 0 amide bonds. The zero-order chi connectivity index (χ0) is 24.1. The maximum atomic E-state index is 12.8. The molecule has 34 heavy (non-hydrogen) atoms. The Hall–Kier alpha value is -3.35. The van der Waals surface area contributed by atoms with Crippen LogP contribution in [0.4, 0.5) is 13.2 Å². The number of pyridine rings is 1. The second-order valence-corrected chi connectivity index (χ2v) is 8.73. The molecule has 0 bridgehead atoms. The zero-order valence-electron chi connectivity index (χ0n) is 18.6. The maximum Gasteiger partial charge on any atom is 0.416 e. The van der Waals surface area contributed by atoms with Crippen LogP contribution in [0.3, 0.4) is 0 Å². The van der Waals surface area contributed by atoms with Crippen molar-refractivity contribution in [2.75, 3.05) is 0 Å². The van der Waals surface area contributed by atoms with Crippen molar-refractivity contribution in [3.63, 3.8) is 0 Å². The van der Waals surface area contributed by atoms with E-state index in [1.807, 2.05) is 6.07 Å². The lowest BCUT2D eigenvalue weighted by Gasteiger charge is -2.27. The van der Waals surface area contributed by atoms with Gasteiger partial charge in [0.15, 0.2) is 0 Å². The summed E-state index contributed by atoms with van der Waals surface area (Å²) in [6.45, 7) is 0. The Morgan fingerprint density at radius 3 is 2.21 bits per heavy atom. The van der Waals surface area contributed by atoms with Gasteiger partial charge in [0.2, 0.25) is 0 Å². The number of carboxylic acids is 1. The number of nitrogens with zero attached hydrogens (tertiary/aromatic N) is 1. The molecular formula is C27H26F3NO3. The second-order valence-electron chi connectivity index (χ2n) is 8.73. The normalized spacial score (nSPS) is 15.6. The molecule has 3 aromatic rings. The Bertz CT molecular complexity index is 1090. The van der Waals surface area contributed by atoms with Crippen molar-refractivity contribution in [1.29, 1.82) is 0 Å². The van der Waals surface area contributed by atoms with Crippen molar-refractivity contribution < 1.29 is 27.8 Å². The highest BCUT2D eigenvalue weighted by molar-refractivity contribution is 5.87. The van der Waals surface area contributed by atoms with Crippen LogP contribution in [0.5, 0.6) is 5.75 Å². The number of benzene rings is 2. The summed E-state index contributed by atoms with van der Waals surface area (Å²) in [5, 5.41) is 9.12. The summed E-state index contributed by atoms with van der Waals surface area (Å²) < 4.78 is 44.8. The van der Waals surface area contributed by atoms with E-state index in [1.54, 1.807) is 24.4 Å². The number of carboxylic acid groups (broad SMARTS) is 1. The van der Waals surface area contributed by atoms with E-state index in [-0.39, 0.29) is 11.7 Å². The van der Waals surface area contributed by atoms with Crippen molar-refractivity contribution >= 4 is 5.97 Å². The Morgan fingerprint density at radius 2 is 1.65 bits per heavy atom. The molecule has 4 nitrogen and oxygen atoms in total. The topological polar surface area (TPSA) is 59.4 Å². The molecule has 1 aliphatic carbocycles. The number of alkyl halides is 3. The number of ether oxygens (including phenoxy) is 1. The number of carbonyl (C=O) groups is 1. The Labute approximate surface area is 196 Å². The van der Waals surface area contributed by atoms with Gasteiger partial charge in [-0.15, -0.1) is 0 Å². The van der Waals surface area contributed by atoms with Crippen LogP contribution in [0.25, 0.3) is 11.3 Å². The molecule has 1 aliphatic rings. The molecule has 2 aromatic carbocycles. The first-order chi connectivity index (χ1) is 16.3. The molecule has 0 unspecified atom stereocenters. The van der Waals surface area contributed by atoms with E-state index in [2.05, 4.69) is 4.98 Å². The Kier molecular flexibility index (Phi) is 7.20. The first-order valence-corrected chi connectivity index (χ1v) is 11.4. The third-order valence-electron chi connectivity index (χ3n) is 6.32. The SMILES string of the molecule is O=C(O)c1ccc(O[C@@H](CC2CCCCC2)c2ccc(-c3ccc(C(F)(F)F)cc3)nc2)cc1. The van der Waals surface area contributed by atoms with Crippen LogP contribution in [-0.4, -0.2) is 16.1 Å². The molecule has 1 aromatic heterocycles. The smallest absolute Gasteiger partial charge is 0.416 e. The fraction of sp³-hybridized carbons (Fsp3) is 0.333. The molecule has 4 rings (SSSR count). The van der Waals surface area contributed by atoms with Crippen molar-refractivity contribution in [3.8, 4) is 17.0 Å². The summed E-state index contributed by atoms with van der Waals surface area (Å²) in [7, 11) is 0. The number of rotatable bonds is 7. The fourth-order valence-electron chi connectivity index (χ4n) is 4.41. The largest absolute Gasteiger partial charge is 0.486 e. The molecule has 0 spiro atoms. The summed E-state index contributed by atoms with van der Waals surface area (Å²) in [6, 6.07) is 15.0. The highest BCUT2D eigenvalue weighted by Crippen LogP contribution is 2.35. The lowest BCUT2D eigenvalue weighted by Crippen LogP contribution is -2.16. The van der Waals surface area contributed by atoms with E-state index >= 15 is 0 Å². The quantitative estimate of drug-likeness (QED) is 0.388. The van der Waals surface area contributed by atoms with E-state index in [0.717, 1.165) is 37.0 Å². The highest BCUT2D eigenvalue weighted by Gasteiger charge is 2.30. The molecule has 0 aliphatic heterocycles. The molecular weight excluding hydrogens is 443 g/mol. The number of halogens is 3. The minimum Gasteiger partial charge on any atom is -0.486 e. The average molecular weight is 470 g/mol. The van der Waals surface area contributed by atoms with E-state index in [4.69, 9.17) is 9.84 Å². The van der Waals surface area contributed by atoms with E-state index < -0.39 is 17.7 Å². The Morgan fingerprint density at radius 1 is 0.971 bits per heavy atom. The number of hydrogen-bond acceptors (Lipinski definition) is 3. The van der Waals surface area contributed by atoms with Gasteiger partial charge in [0.05, 0.1) is 16.8 Å². The van der Waals surface area contributed by atoms with E-state index in [0.29, 0.717) is 22.9 Å². The van der Waals surface area contributed by atoms with Crippen LogP contribution >= 0.6 is 0 Å². The lowest BCUT2D eigenvalue weighted by atomic mass is 9.84. The standard InChI is InChI=1S/C27H26F3NO3/c28-27(29,30)22-11-6-19(7-12-22)24-15-10-21(17-31-24)25(16-18-4-2-1-3-5-18)34-23-13-8-20(9-14-23)26(32)33/h6-15,17-18,25H,1-5,16H2,(H,32,33)/t25-/m0/s1. The van der Waals surface area contributed by atoms with Gasteiger partial charge < -0.3 is 9.84 Å². The maximum absolute atomic E-state index is 12.8. The average Bonchev–Trinajstić information content (AvgIpc) is 2.84. The predicted molar refractivity (Wildman–Crippen MR) is 123 cm³/mol. The minimum atomic E-state index is -4.37. The Balaban J connectivity index is 1.54. The molecule has 7 heteroatoms. The monoisotopic (exact) mass is 469 g/mol. The lowest BCUT2D eigenvalue weighted by molar-refractivity contribution is -0.137. The van der Waals surface area contributed by atoms with Gasteiger partial charge in [-0.2, -0.15) is 13.2 Å². The summed E-state index contributed by atoms with van der Waals surface area (Å²) in [5.74, 6) is 0.123. The first kappa shape index (κ1) is 23.8. The zero-order valence-corrected chi connectivity index (χ0v) is 18.6. The summed E-state index contributed by atoms with van der Waals surface area (Å²) in [6.07, 6.45) is 3.86. The molecule has 0 saturated heterocycles. The molecule has 1 fully saturated rings. The van der Waals surface area contributed by atoms with Crippen LogP contribution in [0.1, 0.15) is 66.1 Å². The van der Waals surface area contributed by atoms with Crippen LogP contribution in [0.15, 0.2) is 66.9 Å². The molecule has 1 heterocycles. The fourth-order valence-corrected chi connectivity index (χ4v) is 4.41. The molecule has 1 N–H and O–H groups in total. The number of hydrogen-bond donors (Lipinski definition) is 1. The van der Waals surface area contributed by atoms with Gasteiger partial charge in [0.25, 0.3) is 0 Å². The minimum absolute atomic E-state index is 0.193. The number of aromatic carboxylic acids is 1. The van der Waals surface area contributed by atoms with Gasteiger partial charge in [-0.1, -0.05) is 50.3 Å². The van der Waals surface area contributed by atoms with Gasteiger partial charge in [0, 0.05) is 17.3 Å². The second kappa shape index (κ2) is 10.3. The van der Waals surface area contributed by atoms with Gasteiger partial charge in [-0.25, -0.2) is 4.79 Å². The van der Waals surface area contributed by atoms with E-state index in [9.17, 15) is 18.0 Å². The summed E-state index contributed by atoms with van der Waals surface area (Å²) in [5.41, 5.74) is 1.57. The molecule has 178 valence electrons. The summed E-state index contributed by atoms with van der Waals surface area (Å²) >= 11 is 0. The highest BCUT2D eigenvalue weighted by atomic mass is 19.4. The van der Waals surface area contributed by atoms with Crippen molar-refractivity contribution in [2.24, 2.45) is 5.92 Å². The van der Waals surface area contributed by atoms with Gasteiger partial charge in [0.1, 0.15) is 11.9 Å². The van der Waals surface area contributed by atoms with Crippen molar-refractivity contribution in [2.45, 2.75) is 50.8 Å². The van der Waals surface area contributed by atoms with Crippen molar-refractivity contribution in [3.05, 3.63) is 83.6 Å². The van der Waals surface area contributed by atoms with Gasteiger partial charge in [-0.3, -0.25) is 4.98 Å². The van der Waals surface area contributed by atoms with Crippen molar-refractivity contribution in [1.82, 2.24) is 4.98 Å².